The van der Waals surface area contributed by atoms with Crippen LogP contribution in [0.3, 0.4) is 0 Å². The van der Waals surface area contributed by atoms with Crippen LogP contribution in [0.25, 0.3) is 0 Å². The molecule has 0 aromatic heterocycles. The molecule has 21 heavy (non-hydrogen) atoms. The lowest BCUT2D eigenvalue weighted by molar-refractivity contribution is 0.272. The van der Waals surface area contributed by atoms with Crippen molar-refractivity contribution in [2.24, 2.45) is 0 Å². The molecule has 0 amide bonds. The Labute approximate surface area is 125 Å². The maximum atomic E-state index is 12.8. The van der Waals surface area contributed by atoms with Gasteiger partial charge in [-0.1, -0.05) is 24.3 Å². The molecular weight excluding hydrogens is 288 g/mol. The third kappa shape index (κ3) is 2.68. The Morgan fingerprint density at radius 1 is 1.24 bits per heavy atom. The molecule has 1 fully saturated rings. The maximum Gasteiger partial charge on any atom is 0.283 e. The predicted molar refractivity (Wildman–Crippen MR) is 78.5 cm³/mol. The highest BCUT2D eigenvalue weighted by molar-refractivity contribution is 7.86. The van der Waals surface area contributed by atoms with Crippen molar-refractivity contribution in [3.63, 3.8) is 0 Å². The van der Waals surface area contributed by atoms with Crippen molar-refractivity contribution in [2.75, 3.05) is 26.2 Å². The second kappa shape index (κ2) is 5.73. The van der Waals surface area contributed by atoms with E-state index in [2.05, 4.69) is 11.4 Å². The summed E-state index contributed by atoms with van der Waals surface area (Å²) < 4.78 is 28.4. The van der Waals surface area contributed by atoms with Crippen molar-refractivity contribution < 1.29 is 8.42 Å². The van der Waals surface area contributed by atoms with Gasteiger partial charge in [0.25, 0.3) is 10.2 Å². The van der Waals surface area contributed by atoms with Crippen LogP contribution in [0.1, 0.15) is 11.1 Å². The minimum Gasteiger partial charge on any atom is -0.313 e. The van der Waals surface area contributed by atoms with Gasteiger partial charge in [0, 0.05) is 32.7 Å². The van der Waals surface area contributed by atoms with Crippen molar-refractivity contribution in [1.29, 1.82) is 5.26 Å². The number of rotatable bonds is 2. The van der Waals surface area contributed by atoms with E-state index in [1.807, 2.05) is 24.3 Å². The molecule has 1 aromatic carbocycles. The van der Waals surface area contributed by atoms with Crippen LogP contribution in [0.4, 0.5) is 0 Å². The van der Waals surface area contributed by atoms with E-state index in [0.717, 1.165) is 12.0 Å². The minimum absolute atomic E-state index is 0.346. The maximum absolute atomic E-state index is 12.8. The number of hydrogen-bond acceptors (Lipinski definition) is 4. The monoisotopic (exact) mass is 306 g/mol. The van der Waals surface area contributed by atoms with Gasteiger partial charge in [0.05, 0.1) is 6.07 Å². The van der Waals surface area contributed by atoms with Crippen LogP contribution in [-0.2, 0) is 23.2 Å². The zero-order valence-electron chi connectivity index (χ0n) is 11.7. The fraction of sp³-hybridized carbons (Fsp3) is 0.500. The van der Waals surface area contributed by atoms with E-state index < -0.39 is 16.3 Å². The van der Waals surface area contributed by atoms with Gasteiger partial charge in [0.2, 0.25) is 0 Å². The summed E-state index contributed by atoms with van der Waals surface area (Å²) in [4.78, 5) is 0. The molecule has 0 bridgehead atoms. The van der Waals surface area contributed by atoms with E-state index in [0.29, 0.717) is 32.7 Å². The fourth-order valence-electron chi connectivity index (χ4n) is 2.89. The summed E-state index contributed by atoms with van der Waals surface area (Å²) in [6.45, 7) is 2.18. The van der Waals surface area contributed by atoms with Gasteiger partial charge in [-0.3, -0.25) is 0 Å². The van der Waals surface area contributed by atoms with Crippen molar-refractivity contribution in [3.05, 3.63) is 35.4 Å². The van der Waals surface area contributed by atoms with Gasteiger partial charge in [-0.2, -0.15) is 22.3 Å². The van der Waals surface area contributed by atoms with Crippen LogP contribution in [0.5, 0.6) is 0 Å². The second-order valence-corrected chi connectivity index (χ2v) is 7.20. The van der Waals surface area contributed by atoms with Gasteiger partial charge >= 0.3 is 0 Å². The van der Waals surface area contributed by atoms with E-state index in [4.69, 9.17) is 5.26 Å². The topological polar surface area (TPSA) is 76.4 Å². The predicted octanol–water partition coefficient (Wildman–Crippen LogP) is 0.0869. The quantitative estimate of drug-likeness (QED) is 0.840. The van der Waals surface area contributed by atoms with Gasteiger partial charge in [-0.05, 0) is 17.5 Å². The summed E-state index contributed by atoms with van der Waals surface area (Å²) in [6.07, 6.45) is 0.721. The number of piperazine rings is 1. The zero-order chi connectivity index (χ0) is 14.9. The fourth-order valence-corrected chi connectivity index (χ4v) is 4.57. The molecule has 2 aliphatic heterocycles. The van der Waals surface area contributed by atoms with Crippen LogP contribution in [0.2, 0.25) is 0 Å². The summed E-state index contributed by atoms with van der Waals surface area (Å²) in [7, 11) is -3.58. The Kier molecular flexibility index (Phi) is 3.95. The molecule has 0 aliphatic carbocycles. The molecule has 1 unspecified atom stereocenters. The largest absolute Gasteiger partial charge is 0.313 e. The van der Waals surface area contributed by atoms with Crippen molar-refractivity contribution in [1.82, 2.24) is 13.9 Å². The Morgan fingerprint density at radius 2 is 2.00 bits per heavy atom. The standard InChI is InChI=1S/C14H18N4O2S/c15-9-14-10-16-6-8-18(14)21(19,20)17-7-5-12-3-1-2-4-13(12)11-17/h1-4,14,16H,5-8,10-11H2. The molecular formula is C14H18N4O2S. The molecule has 1 saturated heterocycles. The molecule has 2 aliphatic rings. The molecule has 7 heteroatoms. The van der Waals surface area contributed by atoms with Gasteiger partial charge < -0.3 is 5.32 Å². The normalized spacial score (nSPS) is 24.2. The van der Waals surface area contributed by atoms with Crippen LogP contribution < -0.4 is 5.32 Å². The highest BCUT2D eigenvalue weighted by Crippen LogP contribution is 2.23. The Morgan fingerprint density at radius 3 is 2.76 bits per heavy atom. The van der Waals surface area contributed by atoms with Crippen LogP contribution in [0, 0.1) is 11.3 Å². The molecule has 0 saturated carbocycles. The van der Waals surface area contributed by atoms with Gasteiger partial charge in [-0.25, -0.2) is 0 Å². The number of nitriles is 1. The van der Waals surface area contributed by atoms with E-state index in [1.54, 1.807) is 0 Å². The van der Waals surface area contributed by atoms with Gasteiger partial charge in [0.15, 0.2) is 0 Å². The first-order chi connectivity index (χ1) is 10.1. The molecule has 0 radical (unpaired) electrons. The number of nitrogens with one attached hydrogen (secondary N) is 1. The van der Waals surface area contributed by atoms with Crippen molar-refractivity contribution in [2.45, 2.75) is 19.0 Å². The third-order valence-electron chi connectivity index (χ3n) is 4.06. The molecule has 3 rings (SSSR count). The van der Waals surface area contributed by atoms with Crippen LogP contribution >= 0.6 is 0 Å². The summed E-state index contributed by atoms with van der Waals surface area (Å²) >= 11 is 0. The van der Waals surface area contributed by atoms with E-state index in [-0.39, 0.29) is 0 Å². The summed E-state index contributed by atoms with van der Waals surface area (Å²) in [5, 5.41) is 12.2. The van der Waals surface area contributed by atoms with E-state index in [1.165, 1.54) is 14.2 Å². The van der Waals surface area contributed by atoms with Crippen LogP contribution in [0.15, 0.2) is 24.3 Å². The number of benzene rings is 1. The Hall–Kier alpha value is -1.46. The number of fused-ring (bicyclic) bond motifs is 1. The summed E-state index contributed by atoms with van der Waals surface area (Å²) in [5.74, 6) is 0. The first-order valence-corrected chi connectivity index (χ1v) is 8.46. The first kappa shape index (κ1) is 14.5. The second-order valence-electron chi connectivity index (χ2n) is 5.32. The zero-order valence-corrected chi connectivity index (χ0v) is 12.5. The average molecular weight is 306 g/mol. The molecule has 1 atom stereocenters. The van der Waals surface area contributed by atoms with Crippen molar-refractivity contribution in [3.8, 4) is 6.07 Å². The number of hydrogen-bond donors (Lipinski definition) is 1. The molecule has 0 spiro atoms. The van der Waals surface area contributed by atoms with E-state index in [9.17, 15) is 8.42 Å². The molecule has 2 heterocycles. The lowest BCUT2D eigenvalue weighted by Gasteiger charge is -2.37. The smallest absolute Gasteiger partial charge is 0.283 e. The SMILES string of the molecule is N#CC1CNCCN1S(=O)(=O)N1CCc2ccccc2C1. The van der Waals surface area contributed by atoms with Gasteiger partial charge in [0.1, 0.15) is 6.04 Å². The molecule has 112 valence electrons. The van der Waals surface area contributed by atoms with Crippen LogP contribution in [-0.4, -0.2) is 49.2 Å². The highest BCUT2D eigenvalue weighted by atomic mass is 32.2. The first-order valence-electron chi connectivity index (χ1n) is 7.07. The summed E-state index contributed by atoms with van der Waals surface area (Å²) in [5.41, 5.74) is 2.26. The Balaban J connectivity index is 1.85. The highest BCUT2D eigenvalue weighted by Gasteiger charge is 2.37. The number of nitrogens with zero attached hydrogens (tertiary/aromatic N) is 3. The van der Waals surface area contributed by atoms with E-state index >= 15 is 0 Å². The van der Waals surface area contributed by atoms with Gasteiger partial charge in [-0.15, -0.1) is 0 Å². The lowest BCUT2D eigenvalue weighted by atomic mass is 10.0. The average Bonchev–Trinajstić information content (AvgIpc) is 2.54. The molecule has 6 nitrogen and oxygen atoms in total. The summed E-state index contributed by atoms with van der Waals surface area (Å²) in [6, 6.07) is 9.37. The third-order valence-corrected chi connectivity index (χ3v) is 6.06. The lowest BCUT2D eigenvalue weighted by Crippen LogP contribution is -2.57. The molecule has 1 aromatic rings. The minimum atomic E-state index is -3.58. The Bertz CT molecular complexity index is 668. The molecule has 1 N–H and O–H groups in total. The van der Waals surface area contributed by atoms with Crippen molar-refractivity contribution >= 4 is 10.2 Å².